The summed E-state index contributed by atoms with van der Waals surface area (Å²) >= 11 is 0. The molecule has 4 aliphatic rings. The molecule has 0 spiro atoms. The molecule has 1 N–H and O–H groups in total. The van der Waals surface area contributed by atoms with Crippen LogP contribution < -0.4 is 0 Å². The Hall–Kier alpha value is -1.75. The zero-order chi connectivity index (χ0) is 21.2. The molecule has 0 aliphatic heterocycles. The molecule has 0 unspecified atom stereocenters. The third-order valence-electron chi connectivity index (χ3n) is 8.75. The average Bonchev–Trinajstić information content (AvgIpc) is 2.88. The number of ether oxygens (including phenoxy) is 1. The molecule has 0 radical (unpaired) electrons. The first kappa shape index (κ1) is 20.5. The van der Waals surface area contributed by atoms with Gasteiger partial charge >= 0.3 is 5.97 Å². The molecule has 2 fully saturated rings. The Bertz CT molecular complexity index is 838. The summed E-state index contributed by atoms with van der Waals surface area (Å²) in [7, 11) is 0. The molecular formula is C24H32O5. The van der Waals surface area contributed by atoms with Crippen LogP contribution in [0.4, 0.5) is 0 Å². The van der Waals surface area contributed by atoms with Crippen molar-refractivity contribution in [3.8, 4) is 0 Å². The van der Waals surface area contributed by atoms with E-state index in [2.05, 4.69) is 13.0 Å². The first-order chi connectivity index (χ1) is 13.5. The van der Waals surface area contributed by atoms with E-state index in [4.69, 9.17) is 4.74 Å². The summed E-state index contributed by atoms with van der Waals surface area (Å²) < 4.78 is 4.95. The van der Waals surface area contributed by atoms with Gasteiger partial charge in [-0.05, 0) is 55.9 Å². The van der Waals surface area contributed by atoms with Crippen LogP contribution in [-0.2, 0) is 19.1 Å². The summed E-state index contributed by atoms with van der Waals surface area (Å²) in [6.45, 7) is 7.16. The van der Waals surface area contributed by atoms with Crippen LogP contribution >= 0.6 is 0 Å². The maximum absolute atomic E-state index is 13.0. The molecule has 158 valence electrons. The minimum Gasteiger partial charge on any atom is -0.458 e. The molecular weight excluding hydrogens is 368 g/mol. The third-order valence-corrected chi connectivity index (χ3v) is 8.75. The van der Waals surface area contributed by atoms with Crippen LogP contribution in [0.3, 0.4) is 0 Å². The van der Waals surface area contributed by atoms with E-state index in [9.17, 15) is 19.5 Å². The zero-order valence-corrected chi connectivity index (χ0v) is 17.9. The summed E-state index contributed by atoms with van der Waals surface area (Å²) in [6.07, 6.45) is 8.85. The van der Waals surface area contributed by atoms with E-state index < -0.39 is 17.0 Å². The minimum atomic E-state index is -1.49. The molecule has 0 saturated heterocycles. The third kappa shape index (κ3) is 2.73. The molecule has 2 saturated carbocycles. The number of hydrogen-bond acceptors (Lipinski definition) is 5. The number of ketones is 2. The molecule has 5 nitrogen and oxygen atoms in total. The predicted molar refractivity (Wildman–Crippen MR) is 108 cm³/mol. The number of esters is 1. The highest BCUT2D eigenvalue weighted by atomic mass is 16.5. The van der Waals surface area contributed by atoms with Gasteiger partial charge in [0.1, 0.15) is 5.60 Å². The molecule has 6 atom stereocenters. The van der Waals surface area contributed by atoms with Crippen molar-refractivity contribution in [1.82, 2.24) is 0 Å². The van der Waals surface area contributed by atoms with Gasteiger partial charge in [0.2, 0.25) is 5.78 Å². The van der Waals surface area contributed by atoms with Crippen LogP contribution in [0, 0.1) is 28.6 Å². The summed E-state index contributed by atoms with van der Waals surface area (Å²) in [5.74, 6) is -0.315. The number of fused-ring (bicyclic) bond motifs is 5. The van der Waals surface area contributed by atoms with Crippen molar-refractivity contribution in [2.45, 2.75) is 71.8 Å². The Balaban J connectivity index is 1.70. The van der Waals surface area contributed by atoms with Gasteiger partial charge in [0.05, 0.1) is 0 Å². The van der Waals surface area contributed by atoms with E-state index in [-0.39, 0.29) is 35.4 Å². The van der Waals surface area contributed by atoms with Gasteiger partial charge in [-0.25, -0.2) is 0 Å². The Morgan fingerprint density at radius 2 is 2.00 bits per heavy atom. The Labute approximate surface area is 172 Å². The fourth-order valence-corrected chi connectivity index (χ4v) is 7.07. The smallest absolute Gasteiger partial charge is 0.303 e. The lowest BCUT2D eigenvalue weighted by Gasteiger charge is -2.54. The lowest BCUT2D eigenvalue weighted by molar-refractivity contribution is -0.167. The second kappa shape index (κ2) is 6.63. The van der Waals surface area contributed by atoms with Gasteiger partial charge in [-0.3, -0.25) is 14.4 Å². The molecule has 0 bridgehead atoms. The van der Waals surface area contributed by atoms with Crippen molar-refractivity contribution >= 4 is 17.5 Å². The molecule has 4 aliphatic carbocycles. The summed E-state index contributed by atoms with van der Waals surface area (Å²) in [5, 5.41) is 11.7. The van der Waals surface area contributed by atoms with Crippen molar-refractivity contribution < 1.29 is 24.2 Å². The van der Waals surface area contributed by atoms with Crippen LogP contribution in [0.1, 0.15) is 66.2 Å². The number of Topliss-reactive ketones (excluding diaryl/α,β-unsaturated/α-hetero) is 1. The standard InChI is InChI=1S/C24H32O5/c1-14-11-20-18-6-5-16-12-17(26)7-9-22(16,3)19(18)8-10-23(20,4)24(14,28)21(27)13-29-15(2)25/h8,12,14,18,20,28H,5-7,9-11,13H2,1-4H3/t14-,18-,20-,22+,23-,24+/m1/s1. The van der Waals surface area contributed by atoms with E-state index in [0.29, 0.717) is 18.8 Å². The Morgan fingerprint density at radius 3 is 2.69 bits per heavy atom. The molecule has 0 heterocycles. The Morgan fingerprint density at radius 1 is 1.28 bits per heavy atom. The number of carbonyl (C=O) groups is 3. The normalized spacial score (nSPS) is 43.5. The number of aliphatic hydroxyl groups is 1. The van der Waals surface area contributed by atoms with Crippen molar-refractivity contribution in [3.63, 3.8) is 0 Å². The Kier molecular flexibility index (Phi) is 4.69. The fraction of sp³-hybridized carbons (Fsp3) is 0.708. The van der Waals surface area contributed by atoms with Gasteiger partial charge in [-0.1, -0.05) is 38.0 Å². The summed E-state index contributed by atoms with van der Waals surface area (Å²) in [6, 6.07) is 0. The van der Waals surface area contributed by atoms with Crippen molar-refractivity contribution in [3.05, 3.63) is 23.3 Å². The van der Waals surface area contributed by atoms with E-state index in [1.807, 2.05) is 19.9 Å². The summed E-state index contributed by atoms with van der Waals surface area (Å²) in [5.41, 5.74) is 0.541. The average molecular weight is 401 g/mol. The van der Waals surface area contributed by atoms with Gasteiger partial charge in [-0.2, -0.15) is 0 Å². The lowest BCUT2D eigenvalue weighted by Crippen LogP contribution is -2.57. The lowest BCUT2D eigenvalue weighted by atomic mass is 9.50. The minimum absolute atomic E-state index is 0.0656. The molecule has 0 aromatic carbocycles. The first-order valence-corrected chi connectivity index (χ1v) is 10.9. The topological polar surface area (TPSA) is 80.7 Å². The summed E-state index contributed by atoms with van der Waals surface area (Å²) in [4.78, 5) is 36.2. The molecule has 0 aromatic heterocycles. The van der Waals surface area contributed by atoms with Crippen LogP contribution in [0.15, 0.2) is 23.3 Å². The van der Waals surface area contributed by atoms with Crippen molar-refractivity contribution in [1.29, 1.82) is 0 Å². The van der Waals surface area contributed by atoms with Gasteiger partial charge in [0.25, 0.3) is 0 Å². The van der Waals surface area contributed by atoms with E-state index in [1.54, 1.807) is 0 Å². The second-order valence-electron chi connectivity index (χ2n) is 10.1. The fourth-order valence-electron chi connectivity index (χ4n) is 7.07. The van der Waals surface area contributed by atoms with Gasteiger partial charge < -0.3 is 9.84 Å². The number of allylic oxidation sites excluding steroid dienone is 4. The largest absolute Gasteiger partial charge is 0.458 e. The van der Waals surface area contributed by atoms with Crippen molar-refractivity contribution in [2.75, 3.05) is 6.61 Å². The predicted octanol–water partition coefficient (Wildman–Crippen LogP) is 3.55. The van der Waals surface area contributed by atoms with Crippen LogP contribution in [0.5, 0.6) is 0 Å². The number of carbonyl (C=O) groups excluding carboxylic acids is 3. The molecule has 5 heteroatoms. The van der Waals surface area contributed by atoms with Crippen molar-refractivity contribution in [2.24, 2.45) is 28.6 Å². The second-order valence-corrected chi connectivity index (χ2v) is 10.1. The molecule has 29 heavy (non-hydrogen) atoms. The quantitative estimate of drug-likeness (QED) is 0.579. The van der Waals surface area contributed by atoms with Crippen LogP contribution in [-0.4, -0.2) is 34.9 Å². The van der Waals surface area contributed by atoms with Crippen LogP contribution in [0.2, 0.25) is 0 Å². The number of rotatable bonds is 3. The number of hydrogen-bond donors (Lipinski definition) is 1. The van der Waals surface area contributed by atoms with Crippen LogP contribution in [0.25, 0.3) is 0 Å². The molecule has 0 amide bonds. The maximum Gasteiger partial charge on any atom is 0.303 e. The molecule has 0 aromatic rings. The zero-order valence-electron chi connectivity index (χ0n) is 17.9. The van der Waals surface area contributed by atoms with Gasteiger partial charge in [0.15, 0.2) is 12.4 Å². The first-order valence-electron chi connectivity index (χ1n) is 10.9. The van der Waals surface area contributed by atoms with Gasteiger partial charge in [0, 0.05) is 24.2 Å². The highest BCUT2D eigenvalue weighted by Gasteiger charge is 2.67. The molecule has 4 rings (SSSR count). The van der Waals surface area contributed by atoms with E-state index in [1.165, 1.54) is 18.1 Å². The monoisotopic (exact) mass is 400 g/mol. The van der Waals surface area contributed by atoms with Gasteiger partial charge in [-0.15, -0.1) is 0 Å². The highest BCUT2D eigenvalue weighted by molar-refractivity contribution is 5.92. The SMILES string of the molecule is CC(=O)OCC(=O)[C@@]1(O)[C@H](C)C[C@@H]2[C@@H]3CCC4=CC(=O)CC[C@]4(C)C3=CC[C@]21C. The van der Waals surface area contributed by atoms with E-state index in [0.717, 1.165) is 25.7 Å². The van der Waals surface area contributed by atoms with E-state index >= 15 is 0 Å². The highest BCUT2D eigenvalue weighted by Crippen LogP contribution is 2.66. The maximum atomic E-state index is 13.0.